The van der Waals surface area contributed by atoms with E-state index in [4.69, 9.17) is 4.74 Å². The third-order valence-electron chi connectivity index (χ3n) is 1.13. The fraction of sp³-hybridized carbons (Fsp3) is 0.600. The van der Waals surface area contributed by atoms with Gasteiger partial charge in [-0.05, 0) is 20.8 Å². The molecular weight excluding hydrogens is 198 g/mol. The molecule has 0 radical (unpaired) electrons. The van der Waals surface area contributed by atoms with Gasteiger partial charge >= 0.3 is 12.1 Å². The lowest BCUT2D eigenvalue weighted by molar-refractivity contribution is -0.179. The van der Waals surface area contributed by atoms with Gasteiger partial charge in [-0.3, -0.25) is 4.79 Å². The van der Waals surface area contributed by atoms with E-state index in [1.54, 1.807) is 20.8 Å². The minimum absolute atomic E-state index is 0.0918. The van der Waals surface area contributed by atoms with E-state index >= 15 is 0 Å². The van der Waals surface area contributed by atoms with Crippen molar-refractivity contribution >= 4 is 12.1 Å². The number of carbonyl (C=O) groups excluding carboxylic acids is 2. The Kier molecular flexibility index (Phi) is 4.84. The summed E-state index contributed by atoms with van der Waals surface area (Å²) in [6.07, 6.45) is 0.727. The number of amides is 1. The van der Waals surface area contributed by atoms with E-state index in [-0.39, 0.29) is 6.54 Å². The molecule has 15 heavy (non-hydrogen) atoms. The zero-order chi connectivity index (χ0) is 12.1. The molecular formula is C10H17NO4. The molecule has 86 valence electrons. The first-order chi connectivity index (χ1) is 6.76. The Hall–Kier alpha value is -1.52. The summed E-state index contributed by atoms with van der Waals surface area (Å²) in [6, 6.07) is 0. The van der Waals surface area contributed by atoms with Crippen LogP contribution < -0.4 is 0 Å². The number of hydrogen-bond donors (Lipinski definition) is 0. The van der Waals surface area contributed by atoms with Crippen LogP contribution in [-0.4, -0.2) is 29.3 Å². The number of ether oxygens (including phenoxy) is 1. The molecule has 0 heterocycles. The second-order valence-electron chi connectivity index (χ2n) is 3.91. The Labute approximate surface area is 89.6 Å². The number of hydroxylamine groups is 2. The fourth-order valence-corrected chi connectivity index (χ4v) is 0.734. The molecule has 0 saturated heterocycles. The van der Waals surface area contributed by atoms with Crippen LogP contribution in [0.1, 0.15) is 27.7 Å². The average molecular weight is 215 g/mol. The topological polar surface area (TPSA) is 55.8 Å². The quantitative estimate of drug-likeness (QED) is 0.521. The Bertz CT molecular complexity index is 255. The molecule has 0 rings (SSSR count). The van der Waals surface area contributed by atoms with E-state index in [1.165, 1.54) is 13.0 Å². The van der Waals surface area contributed by atoms with E-state index in [9.17, 15) is 9.59 Å². The predicted molar refractivity (Wildman–Crippen MR) is 54.9 cm³/mol. The normalized spacial score (nSPS) is 10.4. The summed E-state index contributed by atoms with van der Waals surface area (Å²) in [6.45, 7) is 9.93. The van der Waals surface area contributed by atoms with Crippen LogP contribution in [0.25, 0.3) is 0 Å². The summed E-state index contributed by atoms with van der Waals surface area (Å²) in [5.74, 6) is -0.581. The number of hydrogen-bond acceptors (Lipinski definition) is 4. The number of carbonyl (C=O) groups is 2. The van der Waals surface area contributed by atoms with Crippen molar-refractivity contribution in [2.75, 3.05) is 6.54 Å². The first kappa shape index (κ1) is 13.5. The molecule has 0 aliphatic rings. The molecule has 0 aromatic carbocycles. The maximum absolute atomic E-state index is 11.5. The van der Waals surface area contributed by atoms with Crippen molar-refractivity contribution in [1.82, 2.24) is 5.06 Å². The molecule has 0 aliphatic heterocycles. The lowest BCUT2D eigenvalue weighted by Crippen LogP contribution is -2.38. The van der Waals surface area contributed by atoms with Gasteiger partial charge in [0.2, 0.25) is 0 Å². The van der Waals surface area contributed by atoms with Crippen LogP contribution in [0.3, 0.4) is 0 Å². The lowest BCUT2D eigenvalue weighted by Gasteiger charge is -2.24. The highest BCUT2D eigenvalue weighted by atomic mass is 16.8. The Morgan fingerprint density at radius 3 is 2.27 bits per heavy atom. The Morgan fingerprint density at radius 2 is 1.93 bits per heavy atom. The van der Waals surface area contributed by atoms with Crippen molar-refractivity contribution in [2.24, 2.45) is 0 Å². The number of rotatable bonds is 2. The second-order valence-corrected chi connectivity index (χ2v) is 3.91. The molecule has 0 bridgehead atoms. The van der Waals surface area contributed by atoms with E-state index in [0.29, 0.717) is 0 Å². The summed E-state index contributed by atoms with van der Waals surface area (Å²) in [5, 5.41) is 0.820. The summed E-state index contributed by atoms with van der Waals surface area (Å²) >= 11 is 0. The Morgan fingerprint density at radius 1 is 1.40 bits per heavy atom. The van der Waals surface area contributed by atoms with E-state index in [0.717, 1.165) is 5.06 Å². The van der Waals surface area contributed by atoms with Gasteiger partial charge in [0.15, 0.2) is 0 Å². The molecule has 0 saturated carbocycles. The maximum Gasteiger partial charge on any atom is 0.444 e. The van der Waals surface area contributed by atoms with Crippen molar-refractivity contribution in [3.8, 4) is 0 Å². The van der Waals surface area contributed by atoms with Gasteiger partial charge in [0.1, 0.15) is 5.60 Å². The molecule has 5 heteroatoms. The van der Waals surface area contributed by atoms with Crippen molar-refractivity contribution in [3.63, 3.8) is 0 Å². The van der Waals surface area contributed by atoms with Gasteiger partial charge in [-0.2, -0.15) is 0 Å². The molecule has 0 aromatic rings. The Balaban J connectivity index is 4.41. The number of nitrogens with zero attached hydrogens (tertiary/aromatic N) is 1. The molecule has 0 unspecified atom stereocenters. The van der Waals surface area contributed by atoms with Crippen molar-refractivity contribution in [3.05, 3.63) is 12.7 Å². The van der Waals surface area contributed by atoms with Gasteiger partial charge < -0.3 is 9.57 Å². The molecule has 0 aliphatic carbocycles. The predicted octanol–water partition coefficient (Wildman–Crippen LogP) is 1.89. The van der Waals surface area contributed by atoms with Crippen LogP contribution in [0, 0.1) is 0 Å². The zero-order valence-corrected chi connectivity index (χ0v) is 9.57. The molecule has 0 aromatic heterocycles. The van der Waals surface area contributed by atoms with Crippen molar-refractivity contribution in [2.45, 2.75) is 33.3 Å². The molecule has 0 atom stereocenters. The molecule has 0 spiro atoms. The highest BCUT2D eigenvalue weighted by Crippen LogP contribution is 2.10. The second kappa shape index (κ2) is 5.38. The highest BCUT2D eigenvalue weighted by molar-refractivity contribution is 5.71. The van der Waals surface area contributed by atoms with Gasteiger partial charge in [-0.1, -0.05) is 6.08 Å². The third-order valence-corrected chi connectivity index (χ3v) is 1.13. The standard InChI is InChI=1S/C10H17NO4/c1-6-7-11(15-8(2)12)9(13)14-10(3,4)5/h6H,1,7H2,2-5H3. The van der Waals surface area contributed by atoms with Crippen LogP contribution in [-0.2, 0) is 14.4 Å². The van der Waals surface area contributed by atoms with Gasteiger partial charge in [-0.25, -0.2) is 4.79 Å². The molecule has 5 nitrogen and oxygen atoms in total. The molecule has 0 N–H and O–H groups in total. The summed E-state index contributed by atoms with van der Waals surface area (Å²) in [5.41, 5.74) is -0.628. The van der Waals surface area contributed by atoms with Crippen molar-refractivity contribution in [1.29, 1.82) is 0 Å². The molecule has 0 fully saturated rings. The largest absolute Gasteiger partial charge is 0.444 e. The van der Waals surface area contributed by atoms with E-state index in [2.05, 4.69) is 11.4 Å². The minimum Gasteiger partial charge on any atom is -0.442 e. The van der Waals surface area contributed by atoms with E-state index in [1.807, 2.05) is 0 Å². The third kappa shape index (κ3) is 6.54. The van der Waals surface area contributed by atoms with Crippen LogP contribution in [0.5, 0.6) is 0 Å². The van der Waals surface area contributed by atoms with Crippen LogP contribution in [0.15, 0.2) is 12.7 Å². The van der Waals surface area contributed by atoms with Crippen LogP contribution in [0.2, 0.25) is 0 Å². The minimum atomic E-state index is -0.711. The SMILES string of the molecule is C=CCN(OC(C)=O)C(=O)OC(C)(C)C. The lowest BCUT2D eigenvalue weighted by atomic mass is 10.2. The van der Waals surface area contributed by atoms with Gasteiger partial charge in [0.25, 0.3) is 0 Å². The summed E-state index contributed by atoms with van der Waals surface area (Å²) in [7, 11) is 0. The van der Waals surface area contributed by atoms with Crippen LogP contribution in [0.4, 0.5) is 4.79 Å². The maximum atomic E-state index is 11.5. The fourth-order valence-electron chi connectivity index (χ4n) is 0.734. The average Bonchev–Trinajstić information content (AvgIpc) is 1.99. The smallest absolute Gasteiger partial charge is 0.442 e. The summed E-state index contributed by atoms with van der Waals surface area (Å²) in [4.78, 5) is 26.8. The monoisotopic (exact) mass is 215 g/mol. The highest BCUT2D eigenvalue weighted by Gasteiger charge is 2.23. The van der Waals surface area contributed by atoms with Crippen LogP contribution >= 0.6 is 0 Å². The van der Waals surface area contributed by atoms with Gasteiger partial charge in [0.05, 0.1) is 6.54 Å². The van der Waals surface area contributed by atoms with Gasteiger partial charge in [-0.15, -0.1) is 11.6 Å². The molecule has 1 amide bonds. The zero-order valence-electron chi connectivity index (χ0n) is 9.57. The van der Waals surface area contributed by atoms with Crippen molar-refractivity contribution < 1.29 is 19.2 Å². The van der Waals surface area contributed by atoms with E-state index < -0.39 is 17.7 Å². The first-order valence-electron chi connectivity index (χ1n) is 4.56. The first-order valence-corrected chi connectivity index (χ1v) is 4.56. The van der Waals surface area contributed by atoms with Gasteiger partial charge in [0, 0.05) is 6.92 Å². The summed E-state index contributed by atoms with van der Waals surface area (Å²) < 4.78 is 5.02.